The number of hydrogen-bond acceptors (Lipinski definition) is 6. The van der Waals surface area contributed by atoms with Gasteiger partial charge in [0.2, 0.25) is 17.7 Å². The zero-order valence-electron chi connectivity index (χ0n) is 27.0. The van der Waals surface area contributed by atoms with Crippen molar-refractivity contribution in [2.24, 2.45) is 11.8 Å². The summed E-state index contributed by atoms with van der Waals surface area (Å²) in [4.78, 5) is 55.0. The Morgan fingerprint density at radius 3 is 2.05 bits per heavy atom. The molecule has 0 fully saturated rings. The second-order valence-corrected chi connectivity index (χ2v) is 11.1. The van der Waals surface area contributed by atoms with Gasteiger partial charge in [-0.2, -0.15) is 0 Å². The van der Waals surface area contributed by atoms with Crippen molar-refractivity contribution in [1.82, 2.24) is 15.1 Å². The Kier molecular flexibility index (Phi) is 16.3. The van der Waals surface area contributed by atoms with E-state index in [0.29, 0.717) is 19.4 Å². The van der Waals surface area contributed by atoms with Gasteiger partial charge in [-0.3, -0.25) is 14.4 Å². The van der Waals surface area contributed by atoms with E-state index >= 15 is 0 Å². The first-order valence-corrected chi connectivity index (χ1v) is 15.0. The van der Waals surface area contributed by atoms with Crippen molar-refractivity contribution in [1.29, 1.82) is 0 Å². The first-order chi connectivity index (χ1) is 19.9. The molecule has 1 rings (SSSR count). The van der Waals surface area contributed by atoms with Crippen molar-refractivity contribution in [3.63, 3.8) is 0 Å². The summed E-state index contributed by atoms with van der Waals surface area (Å²) >= 11 is 0. The van der Waals surface area contributed by atoms with E-state index in [1.807, 2.05) is 65.0 Å². The van der Waals surface area contributed by atoms with Crippen molar-refractivity contribution in [2.75, 3.05) is 27.8 Å². The second kappa shape index (κ2) is 18.5. The number of nitrogens with one attached hydrogen (secondary N) is 1. The van der Waals surface area contributed by atoms with Gasteiger partial charge in [0.1, 0.15) is 6.04 Å². The maximum Gasteiger partial charge on any atom is 0.326 e. The van der Waals surface area contributed by atoms with Crippen LogP contribution in [0.4, 0.5) is 0 Å². The Morgan fingerprint density at radius 1 is 0.976 bits per heavy atom. The van der Waals surface area contributed by atoms with Gasteiger partial charge < -0.3 is 29.7 Å². The van der Waals surface area contributed by atoms with Gasteiger partial charge in [-0.1, -0.05) is 64.4 Å². The van der Waals surface area contributed by atoms with Crippen LogP contribution in [0.1, 0.15) is 72.8 Å². The third kappa shape index (κ3) is 10.4. The van der Waals surface area contributed by atoms with Crippen LogP contribution in [0.25, 0.3) is 0 Å². The van der Waals surface area contributed by atoms with Gasteiger partial charge in [0.05, 0.1) is 36.6 Å². The number of benzene rings is 1. The van der Waals surface area contributed by atoms with Crippen LogP contribution in [0.5, 0.6) is 0 Å². The zero-order chi connectivity index (χ0) is 32.0. The number of carboxylic acid groups (broad SMARTS) is 1. The number of nitrogens with zero attached hydrogens (tertiary/aromatic N) is 2. The lowest BCUT2D eigenvalue weighted by atomic mass is 9.89. The third-order valence-electron chi connectivity index (χ3n) is 8.32. The van der Waals surface area contributed by atoms with Crippen molar-refractivity contribution in [2.45, 2.75) is 104 Å². The molecule has 0 saturated carbocycles. The van der Waals surface area contributed by atoms with Gasteiger partial charge >= 0.3 is 5.97 Å². The summed E-state index contributed by atoms with van der Waals surface area (Å²) in [5.41, 5.74) is 0.799. The Bertz CT molecular complexity index is 990. The monoisotopic (exact) mass is 591 g/mol. The summed E-state index contributed by atoms with van der Waals surface area (Å²) in [7, 11) is 4.79. The number of carboxylic acids is 1. The molecule has 7 atom stereocenters. The molecule has 0 radical (unpaired) electrons. The fourth-order valence-corrected chi connectivity index (χ4v) is 5.65. The molecule has 3 amide bonds. The van der Waals surface area contributed by atoms with Crippen molar-refractivity contribution in [3.8, 4) is 0 Å². The topological polar surface area (TPSA) is 125 Å². The molecule has 10 nitrogen and oxygen atoms in total. The lowest BCUT2D eigenvalue weighted by Gasteiger charge is -2.40. The molecule has 1 aromatic carbocycles. The maximum atomic E-state index is 13.8. The molecule has 10 heteroatoms. The molecular formula is C32H53N3O7. The van der Waals surface area contributed by atoms with E-state index in [1.54, 1.807) is 24.0 Å². The SMILES string of the molecule is CCCN(C(=O)C[C@@H](OC)[C@H]([C@@H](C)CC)N(C)C(C)=O)[C@@H](C)[C@H](OC)[C@@H](CC)C(=O)N[C@@H](Cc1ccccc1)C(=O)O. The number of rotatable bonds is 19. The van der Waals surface area contributed by atoms with Crippen LogP contribution < -0.4 is 5.32 Å². The smallest absolute Gasteiger partial charge is 0.326 e. The van der Waals surface area contributed by atoms with Crippen molar-refractivity contribution < 1.29 is 33.8 Å². The second-order valence-electron chi connectivity index (χ2n) is 11.1. The lowest BCUT2D eigenvalue weighted by Crippen LogP contribution is -2.55. The number of ether oxygens (including phenoxy) is 2. The van der Waals surface area contributed by atoms with Crippen LogP contribution in [0.2, 0.25) is 0 Å². The number of carbonyl (C=O) groups is 4. The minimum Gasteiger partial charge on any atom is -0.480 e. The number of carbonyl (C=O) groups excluding carboxylic acids is 3. The van der Waals surface area contributed by atoms with Crippen LogP contribution >= 0.6 is 0 Å². The summed E-state index contributed by atoms with van der Waals surface area (Å²) in [6.07, 6.45) is 0.901. The summed E-state index contributed by atoms with van der Waals surface area (Å²) in [6, 6.07) is 7.26. The average Bonchev–Trinajstić information content (AvgIpc) is 2.97. The van der Waals surface area contributed by atoms with Gasteiger partial charge in [-0.25, -0.2) is 4.79 Å². The van der Waals surface area contributed by atoms with E-state index in [9.17, 15) is 24.3 Å². The fourth-order valence-electron chi connectivity index (χ4n) is 5.65. The van der Waals surface area contributed by atoms with Gasteiger partial charge in [-0.05, 0) is 31.2 Å². The van der Waals surface area contributed by atoms with Gasteiger partial charge in [-0.15, -0.1) is 0 Å². The van der Waals surface area contributed by atoms with Crippen molar-refractivity contribution >= 4 is 23.7 Å². The molecule has 0 saturated heterocycles. The predicted molar refractivity (Wildman–Crippen MR) is 163 cm³/mol. The van der Waals surface area contributed by atoms with Gasteiger partial charge in [0.15, 0.2) is 0 Å². The van der Waals surface area contributed by atoms with E-state index in [1.165, 1.54) is 14.0 Å². The summed E-state index contributed by atoms with van der Waals surface area (Å²) in [5.74, 6) is -2.40. The minimum absolute atomic E-state index is 0.0606. The average molecular weight is 592 g/mol. The molecule has 0 aliphatic carbocycles. The normalized spacial score (nSPS) is 16.3. The Morgan fingerprint density at radius 2 is 1.60 bits per heavy atom. The lowest BCUT2D eigenvalue weighted by molar-refractivity contribution is -0.148. The van der Waals surface area contributed by atoms with Gasteiger partial charge in [0.25, 0.3) is 0 Å². The van der Waals surface area contributed by atoms with Crippen LogP contribution in [-0.4, -0.2) is 96.7 Å². The molecule has 0 aliphatic heterocycles. The molecule has 0 unspecified atom stereocenters. The number of hydrogen-bond donors (Lipinski definition) is 2. The molecule has 238 valence electrons. The van der Waals surface area contributed by atoms with Crippen molar-refractivity contribution in [3.05, 3.63) is 35.9 Å². The summed E-state index contributed by atoms with van der Waals surface area (Å²) in [5, 5.41) is 12.5. The highest BCUT2D eigenvalue weighted by Gasteiger charge is 2.39. The zero-order valence-corrected chi connectivity index (χ0v) is 27.0. The maximum absolute atomic E-state index is 13.8. The highest BCUT2D eigenvalue weighted by molar-refractivity contribution is 5.85. The fraction of sp³-hybridized carbons (Fsp3) is 0.688. The Balaban J connectivity index is 3.21. The van der Waals surface area contributed by atoms with Crippen LogP contribution in [0, 0.1) is 11.8 Å². The van der Waals surface area contributed by atoms with Crippen LogP contribution in [-0.2, 0) is 35.1 Å². The van der Waals surface area contributed by atoms with E-state index < -0.39 is 42.1 Å². The number of amides is 3. The van der Waals surface area contributed by atoms with E-state index in [0.717, 1.165) is 12.0 Å². The molecule has 0 heterocycles. The Hall–Kier alpha value is -2.98. The largest absolute Gasteiger partial charge is 0.480 e. The summed E-state index contributed by atoms with van der Waals surface area (Å²) < 4.78 is 11.6. The highest BCUT2D eigenvalue weighted by Crippen LogP contribution is 2.25. The van der Waals surface area contributed by atoms with Gasteiger partial charge in [0, 0.05) is 41.2 Å². The molecule has 0 spiro atoms. The number of likely N-dealkylation sites (N-methyl/N-ethyl adjacent to an activating group) is 1. The minimum atomic E-state index is -1.12. The molecule has 1 aromatic rings. The molecular weight excluding hydrogens is 538 g/mol. The Labute approximate surface area is 252 Å². The number of aliphatic carboxylic acids is 1. The quantitative estimate of drug-likeness (QED) is 0.251. The molecule has 0 bridgehead atoms. The molecule has 0 aromatic heterocycles. The van der Waals surface area contributed by atoms with E-state index in [-0.39, 0.29) is 36.6 Å². The molecule has 2 N–H and O–H groups in total. The predicted octanol–water partition coefficient (Wildman–Crippen LogP) is 3.76. The first kappa shape index (κ1) is 37.0. The van der Waals surface area contributed by atoms with Crippen LogP contribution in [0.15, 0.2) is 30.3 Å². The number of methoxy groups -OCH3 is 2. The van der Waals surface area contributed by atoms with E-state index in [4.69, 9.17) is 9.47 Å². The summed E-state index contributed by atoms with van der Waals surface area (Å²) in [6.45, 7) is 11.7. The molecule has 42 heavy (non-hydrogen) atoms. The van der Waals surface area contributed by atoms with Crippen LogP contribution in [0.3, 0.4) is 0 Å². The third-order valence-corrected chi connectivity index (χ3v) is 8.32. The molecule has 0 aliphatic rings. The first-order valence-electron chi connectivity index (χ1n) is 15.0. The van der Waals surface area contributed by atoms with E-state index in [2.05, 4.69) is 5.32 Å². The standard InChI is InChI=1S/C32H53N3O7/c1-10-18-35(28(37)20-27(41-8)29(21(4)11-2)34(7)23(6)36)22(5)30(42-9)25(12-3)31(38)33-26(32(39)40)19-24-16-14-13-15-17-24/h13-17,21-22,25-27,29-30H,10-12,18-20H2,1-9H3,(H,33,38)(H,39,40)/t21-,22-,25+,26-,27+,29-,30-/m0/s1. The highest BCUT2D eigenvalue weighted by atomic mass is 16.5.